The van der Waals surface area contributed by atoms with Crippen molar-refractivity contribution < 1.29 is 9.90 Å². The maximum atomic E-state index is 12.8. The highest BCUT2D eigenvalue weighted by Gasteiger charge is 2.35. The van der Waals surface area contributed by atoms with Crippen LogP contribution in [0.2, 0.25) is 0 Å². The number of aliphatic hydroxyl groups is 1. The predicted molar refractivity (Wildman–Crippen MR) is 112 cm³/mol. The molecule has 1 aromatic heterocycles. The monoisotopic (exact) mass is 395 g/mol. The standard InChI is InChI=1S/C22H29N5O2/c1-17-3-2-4-20(11-17)26-9-7-25(8-10-26)16-22(29)27-14-18(21(28)15-27)12-19-13-23-5-6-24-19/h2-6,11,13,18,21,28H,7-10,12,14-16H2,1H3/t18-,21-/m1/s1. The number of hydrogen-bond acceptors (Lipinski definition) is 6. The quantitative estimate of drug-likeness (QED) is 0.813. The van der Waals surface area contributed by atoms with Crippen molar-refractivity contribution in [2.45, 2.75) is 19.4 Å². The zero-order chi connectivity index (χ0) is 20.2. The third kappa shape index (κ3) is 4.92. The summed E-state index contributed by atoms with van der Waals surface area (Å²) in [4.78, 5) is 27.6. The minimum absolute atomic E-state index is 0.0221. The van der Waals surface area contributed by atoms with Gasteiger partial charge in [-0.05, 0) is 31.0 Å². The number of anilines is 1. The Morgan fingerprint density at radius 3 is 2.72 bits per heavy atom. The molecule has 2 fully saturated rings. The van der Waals surface area contributed by atoms with Gasteiger partial charge in [0.1, 0.15) is 0 Å². The fourth-order valence-electron chi connectivity index (χ4n) is 4.24. The number of benzene rings is 1. The Hall–Kier alpha value is -2.51. The van der Waals surface area contributed by atoms with E-state index in [2.05, 4.69) is 51.0 Å². The van der Waals surface area contributed by atoms with Gasteiger partial charge in [0.05, 0.1) is 18.3 Å². The average molecular weight is 396 g/mol. The molecule has 154 valence electrons. The second-order valence-corrected chi connectivity index (χ2v) is 8.13. The van der Waals surface area contributed by atoms with Crippen molar-refractivity contribution in [3.8, 4) is 0 Å². The summed E-state index contributed by atoms with van der Waals surface area (Å²) in [5.74, 6) is 0.128. The average Bonchev–Trinajstić information content (AvgIpc) is 3.10. The Labute approximate surface area is 172 Å². The highest BCUT2D eigenvalue weighted by molar-refractivity contribution is 5.78. The lowest BCUT2D eigenvalue weighted by molar-refractivity contribution is -0.131. The molecular formula is C22H29N5O2. The molecule has 7 nitrogen and oxygen atoms in total. The number of hydrogen-bond donors (Lipinski definition) is 1. The molecule has 2 aromatic rings. The van der Waals surface area contributed by atoms with Crippen LogP contribution < -0.4 is 4.90 Å². The molecule has 2 aliphatic rings. The summed E-state index contributed by atoms with van der Waals surface area (Å²) < 4.78 is 0. The number of piperazine rings is 1. The Balaban J connectivity index is 1.26. The highest BCUT2D eigenvalue weighted by atomic mass is 16.3. The largest absolute Gasteiger partial charge is 0.391 e. The molecule has 2 aliphatic heterocycles. The van der Waals surface area contributed by atoms with Crippen molar-refractivity contribution in [1.82, 2.24) is 19.8 Å². The van der Waals surface area contributed by atoms with Crippen LogP contribution in [0.15, 0.2) is 42.9 Å². The molecule has 4 rings (SSSR count). The van der Waals surface area contributed by atoms with Crippen LogP contribution in [0.3, 0.4) is 0 Å². The molecule has 1 amide bonds. The van der Waals surface area contributed by atoms with E-state index in [0.717, 1.165) is 31.9 Å². The van der Waals surface area contributed by atoms with Crippen molar-refractivity contribution in [2.24, 2.45) is 5.92 Å². The van der Waals surface area contributed by atoms with Crippen LogP contribution >= 0.6 is 0 Å². The number of carbonyl (C=O) groups is 1. The smallest absolute Gasteiger partial charge is 0.236 e. The van der Waals surface area contributed by atoms with Gasteiger partial charge in [0.25, 0.3) is 0 Å². The van der Waals surface area contributed by atoms with Crippen molar-refractivity contribution in [2.75, 3.05) is 50.7 Å². The first-order chi connectivity index (χ1) is 14.1. The van der Waals surface area contributed by atoms with Crippen LogP contribution in [0.25, 0.3) is 0 Å². The molecule has 0 bridgehead atoms. The van der Waals surface area contributed by atoms with E-state index in [-0.39, 0.29) is 11.8 Å². The molecule has 0 saturated carbocycles. The highest BCUT2D eigenvalue weighted by Crippen LogP contribution is 2.22. The zero-order valence-electron chi connectivity index (χ0n) is 16.9. The van der Waals surface area contributed by atoms with E-state index < -0.39 is 6.10 Å². The lowest BCUT2D eigenvalue weighted by Gasteiger charge is -2.36. The number of β-amino-alcohol motifs (C(OH)–C–C–N with tert-alkyl or cyclic N) is 1. The summed E-state index contributed by atoms with van der Waals surface area (Å²) in [5, 5.41) is 10.4. The normalized spacial score (nSPS) is 22.8. The van der Waals surface area contributed by atoms with Crippen molar-refractivity contribution >= 4 is 11.6 Å². The van der Waals surface area contributed by atoms with Gasteiger partial charge in [-0.2, -0.15) is 0 Å². The molecule has 29 heavy (non-hydrogen) atoms. The van der Waals surface area contributed by atoms with Gasteiger partial charge in [-0.3, -0.25) is 19.7 Å². The topological polar surface area (TPSA) is 72.8 Å². The molecule has 1 aromatic carbocycles. The number of nitrogens with zero attached hydrogens (tertiary/aromatic N) is 5. The summed E-state index contributed by atoms with van der Waals surface area (Å²) in [7, 11) is 0. The van der Waals surface area contributed by atoms with Crippen LogP contribution in [-0.2, 0) is 11.2 Å². The van der Waals surface area contributed by atoms with E-state index in [0.29, 0.717) is 26.1 Å². The number of carbonyl (C=O) groups excluding carboxylic acids is 1. The van der Waals surface area contributed by atoms with Crippen LogP contribution in [0, 0.1) is 12.8 Å². The molecule has 1 N–H and O–H groups in total. The predicted octanol–water partition coefficient (Wildman–Crippen LogP) is 0.969. The first-order valence-corrected chi connectivity index (χ1v) is 10.3. The zero-order valence-corrected chi connectivity index (χ0v) is 16.9. The lowest BCUT2D eigenvalue weighted by Crippen LogP contribution is -2.50. The van der Waals surface area contributed by atoms with Crippen LogP contribution in [0.1, 0.15) is 11.3 Å². The van der Waals surface area contributed by atoms with Crippen molar-refractivity contribution in [3.05, 3.63) is 54.1 Å². The molecule has 3 heterocycles. The molecular weight excluding hydrogens is 366 g/mol. The second-order valence-electron chi connectivity index (χ2n) is 8.13. The summed E-state index contributed by atoms with van der Waals surface area (Å²) in [6, 6.07) is 8.57. The molecule has 7 heteroatoms. The molecule has 0 aliphatic carbocycles. The number of likely N-dealkylation sites (tertiary alicyclic amines) is 1. The Kier molecular flexibility index (Phi) is 6.06. The van der Waals surface area contributed by atoms with Gasteiger partial charge in [-0.1, -0.05) is 12.1 Å². The van der Waals surface area contributed by atoms with E-state index in [1.54, 1.807) is 23.5 Å². The number of amides is 1. The van der Waals surface area contributed by atoms with Gasteiger partial charge in [-0.15, -0.1) is 0 Å². The van der Waals surface area contributed by atoms with Crippen molar-refractivity contribution in [3.63, 3.8) is 0 Å². The fraction of sp³-hybridized carbons (Fsp3) is 0.500. The molecule has 2 saturated heterocycles. The summed E-state index contributed by atoms with van der Waals surface area (Å²) in [5.41, 5.74) is 3.38. The van der Waals surface area contributed by atoms with Crippen LogP contribution in [-0.4, -0.2) is 82.7 Å². The van der Waals surface area contributed by atoms with Crippen molar-refractivity contribution in [1.29, 1.82) is 0 Å². The minimum atomic E-state index is -0.501. The number of rotatable bonds is 5. The summed E-state index contributed by atoms with van der Waals surface area (Å²) >= 11 is 0. The number of aromatic nitrogens is 2. The SMILES string of the molecule is Cc1cccc(N2CCN(CC(=O)N3C[C@@H](Cc4cnccn4)[C@H](O)C3)CC2)c1. The Morgan fingerprint density at radius 2 is 2.00 bits per heavy atom. The number of aliphatic hydroxyl groups excluding tert-OH is 1. The maximum absolute atomic E-state index is 12.8. The van der Waals surface area contributed by atoms with Gasteiger partial charge in [0, 0.05) is 69.5 Å². The van der Waals surface area contributed by atoms with Gasteiger partial charge in [0.15, 0.2) is 0 Å². The lowest BCUT2D eigenvalue weighted by atomic mass is 10.0. The summed E-state index contributed by atoms with van der Waals surface area (Å²) in [6.07, 6.45) is 5.18. The maximum Gasteiger partial charge on any atom is 0.236 e. The third-order valence-corrected chi connectivity index (χ3v) is 5.95. The fourth-order valence-corrected chi connectivity index (χ4v) is 4.24. The van der Waals surface area contributed by atoms with Gasteiger partial charge >= 0.3 is 0 Å². The van der Waals surface area contributed by atoms with E-state index >= 15 is 0 Å². The number of aryl methyl sites for hydroxylation is 1. The van der Waals surface area contributed by atoms with E-state index in [1.807, 2.05) is 0 Å². The van der Waals surface area contributed by atoms with E-state index in [9.17, 15) is 9.90 Å². The van der Waals surface area contributed by atoms with Gasteiger partial charge in [-0.25, -0.2) is 0 Å². The molecule has 0 unspecified atom stereocenters. The molecule has 0 spiro atoms. The van der Waals surface area contributed by atoms with E-state index in [1.165, 1.54) is 11.3 Å². The Morgan fingerprint density at radius 1 is 1.17 bits per heavy atom. The first-order valence-electron chi connectivity index (χ1n) is 10.3. The molecule has 0 radical (unpaired) electrons. The first kappa shape index (κ1) is 19.8. The van der Waals surface area contributed by atoms with Gasteiger partial charge < -0.3 is 14.9 Å². The molecule has 2 atom stereocenters. The second kappa shape index (κ2) is 8.88. The third-order valence-electron chi connectivity index (χ3n) is 5.95. The van der Waals surface area contributed by atoms with E-state index in [4.69, 9.17) is 0 Å². The minimum Gasteiger partial charge on any atom is -0.391 e. The summed E-state index contributed by atoms with van der Waals surface area (Å²) in [6.45, 7) is 7.13. The van der Waals surface area contributed by atoms with Crippen LogP contribution in [0.4, 0.5) is 5.69 Å². The van der Waals surface area contributed by atoms with Crippen LogP contribution in [0.5, 0.6) is 0 Å². The Bertz CT molecular complexity index is 823. The van der Waals surface area contributed by atoms with Gasteiger partial charge in [0.2, 0.25) is 5.91 Å².